The summed E-state index contributed by atoms with van der Waals surface area (Å²) in [7, 11) is 0. The summed E-state index contributed by atoms with van der Waals surface area (Å²) in [4.78, 5) is 13.6. The first-order valence-electron chi connectivity index (χ1n) is 6.02. The Labute approximate surface area is 91.5 Å². The molecule has 86 valence electrons. The molecule has 0 bridgehead atoms. The van der Waals surface area contributed by atoms with Crippen molar-refractivity contribution in [2.75, 3.05) is 6.54 Å². The monoisotopic (exact) mass is 211 g/mol. The quantitative estimate of drug-likeness (QED) is 0.760. The minimum Gasteiger partial charge on any atom is -0.481 e. The first kappa shape index (κ1) is 10.9. The molecule has 0 radical (unpaired) electrons. The summed E-state index contributed by atoms with van der Waals surface area (Å²) < 4.78 is 0. The maximum absolute atomic E-state index is 11.2. The van der Waals surface area contributed by atoms with Crippen LogP contribution in [-0.4, -0.2) is 34.1 Å². The molecule has 3 heteroatoms. The molecule has 1 saturated heterocycles. The normalized spacial score (nSPS) is 35.9. The van der Waals surface area contributed by atoms with Crippen LogP contribution in [0.2, 0.25) is 0 Å². The van der Waals surface area contributed by atoms with Gasteiger partial charge in [0.05, 0.1) is 5.92 Å². The lowest BCUT2D eigenvalue weighted by Crippen LogP contribution is -2.48. The van der Waals surface area contributed by atoms with Crippen LogP contribution in [0.15, 0.2) is 0 Å². The van der Waals surface area contributed by atoms with Crippen LogP contribution in [0.1, 0.15) is 46.0 Å². The Hall–Kier alpha value is -0.570. The summed E-state index contributed by atoms with van der Waals surface area (Å²) in [5.41, 5.74) is 0.211. The molecule has 1 aliphatic heterocycles. The molecule has 0 aromatic heterocycles. The number of hydrogen-bond acceptors (Lipinski definition) is 2. The minimum absolute atomic E-state index is 0.123. The summed E-state index contributed by atoms with van der Waals surface area (Å²) in [6.45, 7) is 5.58. The highest BCUT2D eigenvalue weighted by molar-refractivity contribution is 5.71. The Morgan fingerprint density at radius 3 is 2.60 bits per heavy atom. The number of carboxylic acid groups (broad SMARTS) is 1. The number of rotatable bonds is 2. The van der Waals surface area contributed by atoms with Crippen LogP contribution in [0.3, 0.4) is 0 Å². The molecule has 0 aromatic rings. The van der Waals surface area contributed by atoms with Gasteiger partial charge < -0.3 is 5.11 Å². The second-order valence-electron chi connectivity index (χ2n) is 5.55. The molecule has 1 saturated carbocycles. The van der Waals surface area contributed by atoms with Crippen LogP contribution >= 0.6 is 0 Å². The lowest BCUT2D eigenvalue weighted by atomic mass is 9.96. The van der Waals surface area contributed by atoms with Gasteiger partial charge in [-0.15, -0.1) is 0 Å². The van der Waals surface area contributed by atoms with Crippen molar-refractivity contribution in [3.8, 4) is 0 Å². The maximum Gasteiger partial charge on any atom is 0.308 e. The van der Waals surface area contributed by atoms with E-state index in [1.807, 2.05) is 0 Å². The topological polar surface area (TPSA) is 40.5 Å². The van der Waals surface area contributed by atoms with Crippen molar-refractivity contribution >= 4 is 5.97 Å². The molecule has 0 spiro atoms. The standard InChI is InChI=1S/C12H21NO2/c1-12(2)7-4-8-13(12)10-6-3-5-9(10)11(14)15/h9-10H,3-8H2,1-2H3,(H,14,15). The molecule has 1 heterocycles. The van der Waals surface area contributed by atoms with E-state index in [0.717, 1.165) is 25.8 Å². The van der Waals surface area contributed by atoms with Crippen molar-refractivity contribution in [2.45, 2.75) is 57.5 Å². The van der Waals surface area contributed by atoms with E-state index in [9.17, 15) is 9.90 Å². The average molecular weight is 211 g/mol. The molecule has 2 fully saturated rings. The fourth-order valence-electron chi connectivity index (χ4n) is 3.34. The Balaban J connectivity index is 2.12. The molecule has 1 aliphatic carbocycles. The first-order chi connectivity index (χ1) is 7.02. The van der Waals surface area contributed by atoms with Crippen LogP contribution in [0.25, 0.3) is 0 Å². The summed E-state index contributed by atoms with van der Waals surface area (Å²) in [6.07, 6.45) is 5.44. The summed E-state index contributed by atoms with van der Waals surface area (Å²) in [5.74, 6) is -0.720. The van der Waals surface area contributed by atoms with Crippen molar-refractivity contribution in [3.63, 3.8) is 0 Å². The molecule has 2 aliphatic rings. The number of likely N-dealkylation sites (tertiary alicyclic amines) is 1. The van der Waals surface area contributed by atoms with Gasteiger partial charge in [0.25, 0.3) is 0 Å². The predicted molar refractivity (Wildman–Crippen MR) is 58.8 cm³/mol. The van der Waals surface area contributed by atoms with E-state index in [-0.39, 0.29) is 11.5 Å². The second-order valence-corrected chi connectivity index (χ2v) is 5.55. The van der Waals surface area contributed by atoms with Gasteiger partial charge >= 0.3 is 5.97 Å². The SMILES string of the molecule is CC1(C)CCCN1C1CCCC1C(=O)O. The highest BCUT2D eigenvalue weighted by Gasteiger charge is 2.44. The van der Waals surface area contributed by atoms with Crippen LogP contribution in [0, 0.1) is 5.92 Å². The number of nitrogens with zero attached hydrogens (tertiary/aromatic N) is 1. The van der Waals surface area contributed by atoms with Crippen LogP contribution in [0.5, 0.6) is 0 Å². The van der Waals surface area contributed by atoms with Gasteiger partial charge in [0.2, 0.25) is 0 Å². The van der Waals surface area contributed by atoms with E-state index in [0.29, 0.717) is 6.04 Å². The van der Waals surface area contributed by atoms with Crippen molar-refractivity contribution in [3.05, 3.63) is 0 Å². The predicted octanol–water partition coefficient (Wildman–Crippen LogP) is 2.11. The summed E-state index contributed by atoms with van der Waals surface area (Å²) in [5, 5.41) is 9.19. The molecule has 15 heavy (non-hydrogen) atoms. The average Bonchev–Trinajstić information content (AvgIpc) is 2.69. The Kier molecular flexibility index (Phi) is 2.75. The van der Waals surface area contributed by atoms with E-state index in [4.69, 9.17) is 0 Å². The highest BCUT2D eigenvalue weighted by Crippen LogP contribution is 2.38. The van der Waals surface area contributed by atoms with Crippen molar-refractivity contribution < 1.29 is 9.90 Å². The molecule has 3 nitrogen and oxygen atoms in total. The van der Waals surface area contributed by atoms with E-state index < -0.39 is 5.97 Å². The van der Waals surface area contributed by atoms with Gasteiger partial charge in [-0.05, 0) is 46.1 Å². The van der Waals surface area contributed by atoms with Gasteiger partial charge in [-0.25, -0.2) is 0 Å². The van der Waals surface area contributed by atoms with E-state index in [1.54, 1.807) is 0 Å². The first-order valence-corrected chi connectivity index (χ1v) is 6.02. The number of carboxylic acids is 1. The molecular weight excluding hydrogens is 190 g/mol. The summed E-state index contributed by atoms with van der Waals surface area (Å²) in [6, 6.07) is 0.292. The van der Waals surface area contributed by atoms with Gasteiger partial charge in [0.15, 0.2) is 0 Å². The highest BCUT2D eigenvalue weighted by atomic mass is 16.4. The van der Waals surface area contributed by atoms with Crippen LogP contribution < -0.4 is 0 Å². The zero-order valence-electron chi connectivity index (χ0n) is 9.70. The molecule has 1 N–H and O–H groups in total. The van der Waals surface area contributed by atoms with Crippen molar-refractivity contribution in [2.24, 2.45) is 5.92 Å². The Morgan fingerprint density at radius 2 is 2.07 bits per heavy atom. The lowest BCUT2D eigenvalue weighted by molar-refractivity contribution is -0.143. The molecule has 2 unspecified atom stereocenters. The second kappa shape index (κ2) is 3.78. The molecule has 0 amide bonds. The number of carbonyl (C=O) groups is 1. The Bertz CT molecular complexity index is 262. The van der Waals surface area contributed by atoms with E-state index in [1.165, 1.54) is 12.8 Å². The van der Waals surface area contributed by atoms with E-state index in [2.05, 4.69) is 18.7 Å². The van der Waals surface area contributed by atoms with Crippen molar-refractivity contribution in [1.82, 2.24) is 4.90 Å². The fourth-order valence-corrected chi connectivity index (χ4v) is 3.34. The Morgan fingerprint density at radius 1 is 1.33 bits per heavy atom. The zero-order chi connectivity index (χ0) is 11.1. The largest absolute Gasteiger partial charge is 0.481 e. The van der Waals surface area contributed by atoms with Gasteiger partial charge in [-0.1, -0.05) is 6.42 Å². The van der Waals surface area contributed by atoms with Gasteiger partial charge in [0.1, 0.15) is 0 Å². The lowest BCUT2D eigenvalue weighted by Gasteiger charge is -2.38. The third kappa shape index (κ3) is 1.89. The smallest absolute Gasteiger partial charge is 0.308 e. The zero-order valence-corrected chi connectivity index (χ0v) is 9.70. The van der Waals surface area contributed by atoms with Crippen molar-refractivity contribution in [1.29, 1.82) is 0 Å². The van der Waals surface area contributed by atoms with Gasteiger partial charge in [0, 0.05) is 11.6 Å². The molecular formula is C12H21NO2. The van der Waals surface area contributed by atoms with Gasteiger partial charge in [-0.3, -0.25) is 9.69 Å². The molecule has 0 aromatic carbocycles. The molecule has 2 atom stereocenters. The maximum atomic E-state index is 11.2. The number of hydrogen-bond donors (Lipinski definition) is 1. The molecule has 2 rings (SSSR count). The number of aliphatic carboxylic acids is 1. The fraction of sp³-hybridized carbons (Fsp3) is 0.917. The van der Waals surface area contributed by atoms with E-state index >= 15 is 0 Å². The minimum atomic E-state index is -0.597. The van der Waals surface area contributed by atoms with Crippen LogP contribution in [0.4, 0.5) is 0 Å². The third-order valence-corrected chi connectivity index (χ3v) is 4.16. The third-order valence-electron chi connectivity index (χ3n) is 4.16. The van der Waals surface area contributed by atoms with Crippen LogP contribution in [-0.2, 0) is 4.79 Å². The van der Waals surface area contributed by atoms with Gasteiger partial charge in [-0.2, -0.15) is 0 Å². The summed E-state index contributed by atoms with van der Waals surface area (Å²) >= 11 is 0.